The van der Waals surface area contributed by atoms with Crippen LogP contribution in [0.25, 0.3) is 0 Å². The van der Waals surface area contributed by atoms with E-state index in [-0.39, 0.29) is 11.2 Å². The number of ether oxygens (including phenoxy) is 1. The number of aliphatic hydroxyl groups excluding tert-OH is 1. The molecule has 1 N–H and O–H groups in total. The molecule has 0 radical (unpaired) electrons. The van der Waals surface area contributed by atoms with Crippen LogP contribution in [0, 0.1) is 5.41 Å². The van der Waals surface area contributed by atoms with E-state index in [0.717, 1.165) is 0 Å². The van der Waals surface area contributed by atoms with Gasteiger partial charge in [-0.2, -0.15) is 0 Å². The van der Waals surface area contributed by atoms with E-state index in [4.69, 9.17) is 9.84 Å². The monoisotopic (exact) mass is 114 g/mol. The first-order valence-electron chi connectivity index (χ1n) is 2.61. The molecule has 0 amide bonds. The van der Waals surface area contributed by atoms with Crippen LogP contribution >= 0.6 is 0 Å². The number of hydrogen-bond acceptors (Lipinski definition) is 2. The molecule has 46 valence electrons. The summed E-state index contributed by atoms with van der Waals surface area (Å²) in [5.41, 5.74) is -0.139. The van der Waals surface area contributed by atoms with E-state index in [0.29, 0.717) is 13.2 Å². The van der Waals surface area contributed by atoms with Gasteiger partial charge in [0.25, 0.3) is 0 Å². The topological polar surface area (TPSA) is 29.5 Å². The third-order valence-electron chi connectivity index (χ3n) is 1.54. The highest BCUT2D eigenvalue weighted by Gasteiger charge is 2.36. The van der Waals surface area contributed by atoms with Crippen molar-refractivity contribution in [2.24, 2.45) is 5.41 Å². The molecule has 0 atom stereocenters. The quantitative estimate of drug-likeness (QED) is 0.517. The Morgan fingerprint density at radius 3 is 2.25 bits per heavy atom. The second-order valence-electron chi connectivity index (χ2n) is 2.50. The molecule has 2 heteroatoms. The zero-order valence-electron chi connectivity index (χ0n) is 4.98. The van der Waals surface area contributed by atoms with Crippen LogP contribution in [0.3, 0.4) is 0 Å². The van der Waals surface area contributed by atoms with Crippen molar-refractivity contribution in [3.05, 3.63) is 12.3 Å². The fourth-order valence-electron chi connectivity index (χ4n) is 0.575. The predicted octanol–water partition coefficient (Wildman–Crippen LogP) is 1.09. The second kappa shape index (κ2) is 1.49. The van der Waals surface area contributed by atoms with E-state index in [9.17, 15) is 0 Å². The minimum atomic E-state index is -0.139. The van der Waals surface area contributed by atoms with E-state index in [1.54, 1.807) is 0 Å². The molecule has 0 aromatic carbocycles. The third-order valence-corrected chi connectivity index (χ3v) is 1.54. The van der Waals surface area contributed by atoms with Crippen molar-refractivity contribution in [1.82, 2.24) is 0 Å². The Bertz CT molecular complexity index is 114. The van der Waals surface area contributed by atoms with Crippen LogP contribution in [0.5, 0.6) is 0 Å². The summed E-state index contributed by atoms with van der Waals surface area (Å²) < 4.78 is 4.88. The predicted molar refractivity (Wildman–Crippen MR) is 30.7 cm³/mol. The molecule has 1 heterocycles. The standard InChI is InChI=1S/C6H10O2/c1-5(7)6(2)3-8-4-6/h7H,1,3-4H2,2H3. The fourth-order valence-corrected chi connectivity index (χ4v) is 0.575. The lowest BCUT2D eigenvalue weighted by molar-refractivity contribution is -0.0961. The molecular weight excluding hydrogens is 104 g/mol. The lowest BCUT2D eigenvalue weighted by Gasteiger charge is -2.36. The molecule has 8 heavy (non-hydrogen) atoms. The van der Waals surface area contributed by atoms with E-state index in [1.165, 1.54) is 0 Å². The van der Waals surface area contributed by atoms with Gasteiger partial charge >= 0.3 is 0 Å². The Kier molecular flexibility index (Phi) is 1.05. The summed E-state index contributed by atoms with van der Waals surface area (Å²) in [4.78, 5) is 0. The summed E-state index contributed by atoms with van der Waals surface area (Å²) in [6, 6.07) is 0. The fraction of sp³-hybridized carbons (Fsp3) is 0.667. The van der Waals surface area contributed by atoms with Gasteiger partial charge in [0.1, 0.15) is 0 Å². The first-order chi connectivity index (χ1) is 3.65. The molecule has 1 saturated heterocycles. The van der Waals surface area contributed by atoms with Crippen LogP contribution in [0.4, 0.5) is 0 Å². The van der Waals surface area contributed by atoms with Crippen LogP contribution < -0.4 is 0 Å². The van der Waals surface area contributed by atoms with Gasteiger partial charge in [-0.15, -0.1) is 0 Å². The van der Waals surface area contributed by atoms with Crippen molar-refractivity contribution >= 4 is 0 Å². The maximum atomic E-state index is 8.86. The maximum absolute atomic E-state index is 8.86. The zero-order valence-corrected chi connectivity index (χ0v) is 4.98. The van der Waals surface area contributed by atoms with E-state index < -0.39 is 0 Å². The van der Waals surface area contributed by atoms with Gasteiger partial charge in [-0.05, 0) is 6.92 Å². The van der Waals surface area contributed by atoms with Gasteiger partial charge < -0.3 is 9.84 Å². The summed E-state index contributed by atoms with van der Waals surface area (Å²) in [5.74, 6) is 0.240. The van der Waals surface area contributed by atoms with Crippen LogP contribution in [-0.4, -0.2) is 18.3 Å². The molecule has 0 saturated carbocycles. The van der Waals surface area contributed by atoms with Gasteiger partial charge in [0.15, 0.2) is 0 Å². The molecule has 2 nitrogen and oxygen atoms in total. The lowest BCUT2D eigenvalue weighted by Crippen LogP contribution is -2.40. The number of aliphatic hydroxyl groups is 1. The number of rotatable bonds is 1. The van der Waals surface area contributed by atoms with Gasteiger partial charge in [-0.25, -0.2) is 0 Å². The zero-order chi connectivity index (χ0) is 6.20. The highest BCUT2D eigenvalue weighted by atomic mass is 16.5. The first-order valence-corrected chi connectivity index (χ1v) is 2.61. The van der Waals surface area contributed by atoms with Crippen molar-refractivity contribution in [2.45, 2.75) is 6.92 Å². The van der Waals surface area contributed by atoms with Crippen LogP contribution in [0.1, 0.15) is 6.92 Å². The van der Waals surface area contributed by atoms with E-state index in [2.05, 4.69) is 6.58 Å². The molecule has 1 aliphatic heterocycles. The normalized spacial score (nSPS) is 24.1. The minimum Gasteiger partial charge on any atom is -0.512 e. The van der Waals surface area contributed by atoms with Gasteiger partial charge in [-0.1, -0.05) is 6.58 Å². The van der Waals surface area contributed by atoms with Crippen molar-refractivity contribution in [3.8, 4) is 0 Å². The molecule has 0 bridgehead atoms. The maximum Gasteiger partial charge on any atom is 0.0956 e. The van der Waals surface area contributed by atoms with Gasteiger partial charge in [0, 0.05) is 0 Å². The van der Waals surface area contributed by atoms with Gasteiger partial charge in [0.05, 0.1) is 24.4 Å². The Hall–Kier alpha value is -0.500. The van der Waals surface area contributed by atoms with Crippen LogP contribution in [0.15, 0.2) is 12.3 Å². The van der Waals surface area contributed by atoms with Crippen molar-refractivity contribution < 1.29 is 9.84 Å². The molecular formula is C6H10O2. The minimum absolute atomic E-state index is 0.139. The molecule has 1 fully saturated rings. The molecule has 1 aliphatic rings. The van der Waals surface area contributed by atoms with Crippen LogP contribution in [0.2, 0.25) is 0 Å². The SMILES string of the molecule is C=C(O)C1(C)COC1. The van der Waals surface area contributed by atoms with Crippen LogP contribution in [-0.2, 0) is 4.74 Å². The van der Waals surface area contributed by atoms with E-state index >= 15 is 0 Å². The summed E-state index contributed by atoms with van der Waals surface area (Å²) in [6.07, 6.45) is 0. The molecule has 0 spiro atoms. The van der Waals surface area contributed by atoms with E-state index in [1.807, 2.05) is 6.92 Å². The summed E-state index contributed by atoms with van der Waals surface area (Å²) in [6.45, 7) is 6.58. The lowest BCUT2D eigenvalue weighted by atomic mass is 9.87. The van der Waals surface area contributed by atoms with Crippen molar-refractivity contribution in [2.75, 3.05) is 13.2 Å². The molecule has 1 rings (SSSR count). The van der Waals surface area contributed by atoms with Gasteiger partial charge in [0.2, 0.25) is 0 Å². The third kappa shape index (κ3) is 0.611. The summed E-state index contributed by atoms with van der Waals surface area (Å²) in [7, 11) is 0. The largest absolute Gasteiger partial charge is 0.512 e. The molecule has 0 aromatic heterocycles. The highest BCUT2D eigenvalue weighted by molar-refractivity contribution is 5.03. The number of hydrogen-bond donors (Lipinski definition) is 1. The average molecular weight is 114 g/mol. The Morgan fingerprint density at radius 2 is 2.25 bits per heavy atom. The Morgan fingerprint density at radius 1 is 1.75 bits per heavy atom. The molecule has 0 aromatic rings. The summed E-state index contributed by atoms with van der Waals surface area (Å²) >= 11 is 0. The molecule has 0 aliphatic carbocycles. The Labute approximate surface area is 48.8 Å². The summed E-state index contributed by atoms with van der Waals surface area (Å²) in [5, 5.41) is 8.86. The second-order valence-corrected chi connectivity index (χ2v) is 2.50. The first kappa shape index (κ1) is 5.63. The van der Waals surface area contributed by atoms with Crippen molar-refractivity contribution in [3.63, 3.8) is 0 Å². The average Bonchev–Trinajstić information content (AvgIpc) is 1.60. The Balaban J connectivity index is 2.53. The van der Waals surface area contributed by atoms with Crippen molar-refractivity contribution in [1.29, 1.82) is 0 Å². The van der Waals surface area contributed by atoms with Gasteiger partial charge in [-0.3, -0.25) is 0 Å². The smallest absolute Gasteiger partial charge is 0.0956 e. The molecule has 0 unspecified atom stereocenters. The highest BCUT2D eigenvalue weighted by Crippen LogP contribution is 2.31.